The van der Waals surface area contributed by atoms with Gasteiger partial charge in [-0.3, -0.25) is 9.89 Å². The smallest absolute Gasteiger partial charge is 0.191 e. The molecule has 0 radical (unpaired) electrons. The molecule has 1 aliphatic carbocycles. The quantitative estimate of drug-likeness (QED) is 0.497. The van der Waals surface area contributed by atoms with E-state index in [9.17, 15) is 5.11 Å². The molecule has 1 aliphatic heterocycles. The maximum Gasteiger partial charge on any atom is 0.191 e. The first-order chi connectivity index (χ1) is 11.8. The predicted molar refractivity (Wildman–Crippen MR) is 101 cm³/mol. The summed E-state index contributed by atoms with van der Waals surface area (Å²) in [5.41, 5.74) is 0.0600. The van der Waals surface area contributed by atoms with Gasteiger partial charge in [0.25, 0.3) is 0 Å². The largest absolute Gasteiger partial charge is 0.396 e. The first-order valence-electron chi connectivity index (χ1n) is 9.17. The van der Waals surface area contributed by atoms with E-state index in [2.05, 4.69) is 40.0 Å². The summed E-state index contributed by atoms with van der Waals surface area (Å²) in [6.45, 7) is 7.15. The highest BCUT2D eigenvalue weighted by Gasteiger charge is 2.41. The number of rotatable bonds is 8. The molecule has 1 atom stereocenters. The monoisotopic (exact) mass is 350 g/mol. The molecule has 5 nitrogen and oxygen atoms in total. The van der Waals surface area contributed by atoms with Gasteiger partial charge in [-0.25, -0.2) is 0 Å². The second-order valence-corrected chi connectivity index (χ2v) is 7.99. The fourth-order valence-corrected chi connectivity index (χ4v) is 4.13. The van der Waals surface area contributed by atoms with E-state index in [1.165, 1.54) is 30.8 Å². The molecule has 134 valence electrons. The number of nitrogens with zero attached hydrogens (tertiary/aromatic N) is 2. The summed E-state index contributed by atoms with van der Waals surface area (Å²) < 4.78 is 0. The van der Waals surface area contributed by atoms with Crippen LogP contribution in [0.2, 0.25) is 0 Å². The minimum absolute atomic E-state index is 0.0600. The van der Waals surface area contributed by atoms with Gasteiger partial charge in [0.2, 0.25) is 0 Å². The van der Waals surface area contributed by atoms with E-state index >= 15 is 0 Å². The molecule has 0 bridgehead atoms. The number of hydrogen-bond donors (Lipinski definition) is 3. The molecule has 0 amide bonds. The van der Waals surface area contributed by atoms with Crippen molar-refractivity contribution >= 4 is 17.3 Å². The van der Waals surface area contributed by atoms with Crippen molar-refractivity contribution in [3.63, 3.8) is 0 Å². The number of nitrogens with one attached hydrogen (secondary N) is 2. The SMILES string of the molecule is CCNC(=NCC1(CO)CC1)NCC(c1cccs1)N1CCCC1. The molecule has 0 aromatic carbocycles. The van der Waals surface area contributed by atoms with Crippen LogP contribution >= 0.6 is 11.3 Å². The van der Waals surface area contributed by atoms with Crippen LogP contribution in [0.4, 0.5) is 0 Å². The van der Waals surface area contributed by atoms with Crippen LogP contribution in [0.15, 0.2) is 22.5 Å². The third kappa shape index (κ3) is 4.49. The molecule has 3 rings (SSSR count). The van der Waals surface area contributed by atoms with Crippen LogP contribution in [0.25, 0.3) is 0 Å². The molecular weight excluding hydrogens is 320 g/mol. The van der Waals surface area contributed by atoms with Crippen LogP contribution in [0.5, 0.6) is 0 Å². The molecule has 3 N–H and O–H groups in total. The molecule has 6 heteroatoms. The standard InChI is InChI=1S/C18H30N4OS/c1-2-19-17(21-13-18(14-23)7-8-18)20-12-15(16-6-5-11-24-16)22-9-3-4-10-22/h5-6,11,15,23H,2-4,7-10,12-14H2,1H3,(H2,19,20,21). The summed E-state index contributed by atoms with van der Waals surface area (Å²) in [7, 11) is 0. The van der Waals surface area contributed by atoms with Crippen molar-refractivity contribution in [1.82, 2.24) is 15.5 Å². The van der Waals surface area contributed by atoms with Gasteiger partial charge >= 0.3 is 0 Å². The lowest BCUT2D eigenvalue weighted by atomic mass is 10.1. The van der Waals surface area contributed by atoms with Crippen molar-refractivity contribution in [2.45, 2.75) is 38.6 Å². The molecule has 0 spiro atoms. The summed E-state index contributed by atoms with van der Waals surface area (Å²) in [6, 6.07) is 4.80. The van der Waals surface area contributed by atoms with Crippen LogP contribution in [0.1, 0.15) is 43.5 Å². The Morgan fingerprint density at radius 1 is 1.38 bits per heavy atom. The Hall–Kier alpha value is -1.11. The maximum atomic E-state index is 9.47. The first-order valence-corrected chi connectivity index (χ1v) is 10.0. The van der Waals surface area contributed by atoms with E-state index in [4.69, 9.17) is 4.99 Å². The van der Waals surface area contributed by atoms with Crippen LogP contribution in [-0.4, -0.2) is 55.3 Å². The number of aliphatic imine (C=N–C) groups is 1. The zero-order chi connectivity index (χ0) is 16.8. The Morgan fingerprint density at radius 2 is 2.17 bits per heavy atom. The Morgan fingerprint density at radius 3 is 2.75 bits per heavy atom. The van der Waals surface area contributed by atoms with Gasteiger partial charge in [-0.2, -0.15) is 0 Å². The van der Waals surface area contributed by atoms with Crippen molar-refractivity contribution < 1.29 is 5.11 Å². The zero-order valence-electron chi connectivity index (χ0n) is 14.6. The maximum absolute atomic E-state index is 9.47. The minimum atomic E-state index is 0.0600. The number of aliphatic hydroxyl groups is 1. The third-order valence-corrected chi connectivity index (χ3v) is 6.10. The number of guanidine groups is 1. The average Bonchev–Trinajstić information content (AvgIpc) is 2.99. The molecule has 2 fully saturated rings. The Balaban J connectivity index is 1.61. The minimum Gasteiger partial charge on any atom is -0.396 e. The average molecular weight is 351 g/mol. The van der Waals surface area contributed by atoms with Gasteiger partial charge < -0.3 is 15.7 Å². The highest BCUT2D eigenvalue weighted by Crippen LogP contribution is 2.45. The van der Waals surface area contributed by atoms with Crippen LogP contribution in [0.3, 0.4) is 0 Å². The predicted octanol–water partition coefficient (Wildman–Crippen LogP) is 2.21. The summed E-state index contributed by atoms with van der Waals surface area (Å²) >= 11 is 1.84. The first kappa shape index (κ1) is 17.7. The Bertz CT molecular complexity index is 521. The molecule has 24 heavy (non-hydrogen) atoms. The molecule has 1 saturated carbocycles. The van der Waals surface area contributed by atoms with Crippen LogP contribution in [0, 0.1) is 5.41 Å². The summed E-state index contributed by atoms with van der Waals surface area (Å²) in [6.07, 6.45) is 4.79. The lowest BCUT2D eigenvalue weighted by Gasteiger charge is -2.27. The number of thiophene rings is 1. The van der Waals surface area contributed by atoms with E-state index in [1.807, 2.05) is 11.3 Å². The number of likely N-dealkylation sites (tertiary alicyclic amines) is 1. The molecule has 1 unspecified atom stereocenters. The fourth-order valence-electron chi connectivity index (χ4n) is 3.27. The summed E-state index contributed by atoms with van der Waals surface area (Å²) in [5, 5.41) is 18.5. The molecule has 1 aromatic heterocycles. The van der Waals surface area contributed by atoms with E-state index in [0.717, 1.165) is 31.9 Å². The topological polar surface area (TPSA) is 59.9 Å². The van der Waals surface area contributed by atoms with Gasteiger partial charge in [0.15, 0.2) is 5.96 Å². The normalized spacial score (nSPS) is 21.7. The van der Waals surface area contributed by atoms with E-state index < -0.39 is 0 Å². The molecule has 1 aromatic rings. The third-order valence-electron chi connectivity index (χ3n) is 5.13. The Kier molecular flexibility index (Phi) is 6.14. The lowest BCUT2D eigenvalue weighted by Crippen LogP contribution is -2.42. The second-order valence-electron chi connectivity index (χ2n) is 7.01. The fraction of sp³-hybridized carbons (Fsp3) is 0.722. The lowest BCUT2D eigenvalue weighted by molar-refractivity contribution is 0.216. The van der Waals surface area contributed by atoms with E-state index in [-0.39, 0.29) is 12.0 Å². The van der Waals surface area contributed by atoms with Gasteiger partial charge in [-0.15, -0.1) is 11.3 Å². The highest BCUT2D eigenvalue weighted by molar-refractivity contribution is 7.10. The Labute approximate surface area is 149 Å². The van der Waals surface area contributed by atoms with Crippen LogP contribution in [-0.2, 0) is 0 Å². The van der Waals surface area contributed by atoms with Gasteiger partial charge in [0, 0.05) is 23.4 Å². The summed E-state index contributed by atoms with van der Waals surface area (Å²) in [5.74, 6) is 0.873. The van der Waals surface area contributed by atoms with E-state index in [1.54, 1.807) is 0 Å². The van der Waals surface area contributed by atoms with E-state index in [0.29, 0.717) is 12.6 Å². The molecular formula is C18H30N4OS. The van der Waals surface area contributed by atoms with Gasteiger partial charge in [-0.1, -0.05) is 6.07 Å². The summed E-state index contributed by atoms with van der Waals surface area (Å²) in [4.78, 5) is 8.72. The van der Waals surface area contributed by atoms with Gasteiger partial charge in [-0.05, 0) is 57.1 Å². The molecule has 2 heterocycles. The number of aliphatic hydroxyl groups excluding tert-OH is 1. The molecule has 2 aliphatic rings. The van der Waals surface area contributed by atoms with Crippen molar-refractivity contribution in [2.24, 2.45) is 10.4 Å². The highest BCUT2D eigenvalue weighted by atomic mass is 32.1. The number of hydrogen-bond acceptors (Lipinski definition) is 4. The van der Waals surface area contributed by atoms with Gasteiger partial charge in [0.05, 0.1) is 19.2 Å². The van der Waals surface area contributed by atoms with Crippen molar-refractivity contribution in [3.8, 4) is 0 Å². The zero-order valence-corrected chi connectivity index (χ0v) is 15.4. The second kappa shape index (κ2) is 8.32. The molecule has 1 saturated heterocycles. The van der Waals surface area contributed by atoms with Crippen molar-refractivity contribution in [2.75, 3.05) is 39.3 Å². The van der Waals surface area contributed by atoms with Gasteiger partial charge in [0.1, 0.15) is 0 Å². The van der Waals surface area contributed by atoms with Crippen molar-refractivity contribution in [1.29, 1.82) is 0 Å². The van der Waals surface area contributed by atoms with Crippen molar-refractivity contribution in [3.05, 3.63) is 22.4 Å². The van der Waals surface area contributed by atoms with Crippen LogP contribution < -0.4 is 10.6 Å².